The maximum Gasteiger partial charge on any atom is 0.326 e. The van der Waals surface area contributed by atoms with Crippen LogP contribution >= 0.6 is 0 Å². The molecule has 1 atom stereocenters. The normalized spacial score (nSPS) is 20.0. The van der Waals surface area contributed by atoms with E-state index < -0.39 is 12.0 Å². The second-order valence-corrected chi connectivity index (χ2v) is 2.91. The number of amides is 2. The molecule has 12 heavy (non-hydrogen) atoms. The van der Waals surface area contributed by atoms with Crippen molar-refractivity contribution in [3.8, 4) is 0 Å². The molecular weight excluding hydrogens is 160 g/mol. The molecule has 1 aliphatic rings. The molecule has 68 valence electrons. The van der Waals surface area contributed by atoms with Crippen LogP contribution in [-0.4, -0.2) is 53.1 Å². The Balaban J connectivity index is 2.65. The smallest absolute Gasteiger partial charge is 0.326 e. The summed E-state index contributed by atoms with van der Waals surface area (Å²) in [5.41, 5.74) is 0. The lowest BCUT2D eigenvalue weighted by Crippen LogP contribution is -2.41. The Bertz CT molecular complexity index is 217. The summed E-state index contributed by atoms with van der Waals surface area (Å²) in [6.07, 6.45) is 0. The first-order valence-electron chi connectivity index (χ1n) is 3.78. The lowest BCUT2D eigenvalue weighted by Gasteiger charge is -2.19. The van der Waals surface area contributed by atoms with Crippen molar-refractivity contribution >= 4 is 12.0 Å². The van der Waals surface area contributed by atoms with Crippen molar-refractivity contribution in [2.75, 3.05) is 20.1 Å². The van der Waals surface area contributed by atoms with Crippen molar-refractivity contribution in [2.45, 2.75) is 13.0 Å². The molecule has 1 aliphatic heterocycles. The van der Waals surface area contributed by atoms with E-state index in [-0.39, 0.29) is 6.03 Å². The Hall–Kier alpha value is -1.26. The molecule has 0 bridgehead atoms. The highest BCUT2D eigenvalue weighted by molar-refractivity contribution is 5.83. The van der Waals surface area contributed by atoms with Gasteiger partial charge in [-0.15, -0.1) is 0 Å². The van der Waals surface area contributed by atoms with E-state index in [2.05, 4.69) is 0 Å². The fourth-order valence-corrected chi connectivity index (χ4v) is 1.16. The van der Waals surface area contributed by atoms with E-state index in [9.17, 15) is 9.59 Å². The van der Waals surface area contributed by atoms with E-state index in [1.165, 1.54) is 16.7 Å². The molecule has 1 fully saturated rings. The highest BCUT2D eigenvalue weighted by Gasteiger charge is 2.32. The molecule has 0 aliphatic carbocycles. The number of likely N-dealkylation sites (N-methyl/N-ethyl adjacent to an activating group) is 1. The van der Waals surface area contributed by atoms with Gasteiger partial charge in [0.15, 0.2) is 0 Å². The lowest BCUT2D eigenvalue weighted by molar-refractivity contribution is -0.141. The third-order valence-corrected chi connectivity index (χ3v) is 2.07. The summed E-state index contributed by atoms with van der Waals surface area (Å²) < 4.78 is 0. The fourth-order valence-electron chi connectivity index (χ4n) is 1.16. The predicted octanol–water partition coefficient (Wildman–Crippen LogP) is -0.173. The molecule has 0 radical (unpaired) electrons. The molecule has 5 heteroatoms. The van der Waals surface area contributed by atoms with Crippen LogP contribution in [0.15, 0.2) is 0 Å². The number of carbonyl (C=O) groups excluding carboxylic acids is 1. The van der Waals surface area contributed by atoms with Gasteiger partial charge < -0.3 is 14.9 Å². The van der Waals surface area contributed by atoms with Gasteiger partial charge in [-0.05, 0) is 6.92 Å². The number of aliphatic carboxylic acids is 1. The summed E-state index contributed by atoms with van der Waals surface area (Å²) in [4.78, 5) is 24.6. The number of hydrogen-bond donors (Lipinski definition) is 1. The molecule has 1 N–H and O–H groups in total. The van der Waals surface area contributed by atoms with Gasteiger partial charge in [0.25, 0.3) is 0 Å². The number of carbonyl (C=O) groups is 2. The van der Waals surface area contributed by atoms with E-state index in [0.29, 0.717) is 13.1 Å². The lowest BCUT2D eigenvalue weighted by atomic mass is 10.3. The number of carboxylic acids is 1. The summed E-state index contributed by atoms with van der Waals surface area (Å²) >= 11 is 0. The van der Waals surface area contributed by atoms with E-state index >= 15 is 0 Å². The van der Waals surface area contributed by atoms with Crippen molar-refractivity contribution < 1.29 is 14.7 Å². The molecule has 1 heterocycles. The maximum absolute atomic E-state index is 11.2. The van der Waals surface area contributed by atoms with Crippen molar-refractivity contribution in [1.82, 2.24) is 9.80 Å². The third-order valence-electron chi connectivity index (χ3n) is 2.07. The van der Waals surface area contributed by atoms with Crippen LogP contribution in [-0.2, 0) is 4.79 Å². The van der Waals surface area contributed by atoms with E-state index in [1.54, 1.807) is 7.05 Å². The average molecular weight is 172 g/mol. The van der Waals surface area contributed by atoms with Gasteiger partial charge in [0.2, 0.25) is 0 Å². The van der Waals surface area contributed by atoms with Gasteiger partial charge in [-0.2, -0.15) is 0 Å². The number of nitrogens with zero attached hydrogens (tertiary/aromatic N) is 2. The summed E-state index contributed by atoms with van der Waals surface area (Å²) in [7, 11) is 1.66. The monoisotopic (exact) mass is 172 g/mol. The largest absolute Gasteiger partial charge is 0.480 e. The van der Waals surface area contributed by atoms with Crippen LogP contribution in [0.2, 0.25) is 0 Å². The van der Waals surface area contributed by atoms with Gasteiger partial charge >= 0.3 is 12.0 Å². The van der Waals surface area contributed by atoms with Crippen LogP contribution in [0, 0.1) is 0 Å². The number of hydrogen-bond acceptors (Lipinski definition) is 2. The minimum Gasteiger partial charge on any atom is -0.480 e. The van der Waals surface area contributed by atoms with Gasteiger partial charge in [-0.3, -0.25) is 0 Å². The second-order valence-electron chi connectivity index (χ2n) is 2.91. The molecule has 0 aromatic carbocycles. The zero-order chi connectivity index (χ0) is 9.30. The molecule has 0 spiro atoms. The highest BCUT2D eigenvalue weighted by Crippen LogP contribution is 2.10. The quantitative estimate of drug-likeness (QED) is 0.629. The van der Waals surface area contributed by atoms with Gasteiger partial charge in [0.05, 0.1) is 0 Å². The minimum absolute atomic E-state index is 0.204. The first-order chi connectivity index (χ1) is 5.54. The Labute approximate surface area is 70.6 Å². The molecule has 5 nitrogen and oxygen atoms in total. The van der Waals surface area contributed by atoms with Crippen molar-refractivity contribution in [3.63, 3.8) is 0 Å². The molecular formula is C7H12N2O3. The molecule has 0 saturated carbocycles. The Morgan fingerprint density at radius 3 is 2.50 bits per heavy atom. The van der Waals surface area contributed by atoms with Crippen molar-refractivity contribution in [3.05, 3.63) is 0 Å². The van der Waals surface area contributed by atoms with Crippen molar-refractivity contribution in [1.29, 1.82) is 0 Å². The van der Waals surface area contributed by atoms with Gasteiger partial charge in [-0.25, -0.2) is 9.59 Å². The molecule has 1 rings (SSSR count). The summed E-state index contributed by atoms with van der Waals surface area (Å²) in [6.45, 7) is 2.62. The first-order valence-corrected chi connectivity index (χ1v) is 3.78. The number of rotatable bonds is 2. The van der Waals surface area contributed by atoms with E-state index in [4.69, 9.17) is 5.11 Å². The first kappa shape index (κ1) is 8.83. The van der Waals surface area contributed by atoms with Crippen LogP contribution in [0.4, 0.5) is 4.79 Å². The standard InChI is InChI=1S/C7H12N2O3/c1-5(6(10)11)9-4-3-8(2)7(9)12/h5H,3-4H2,1-2H3,(H,10,11). The Kier molecular flexibility index (Phi) is 2.21. The van der Waals surface area contributed by atoms with Crippen molar-refractivity contribution in [2.24, 2.45) is 0 Å². The third kappa shape index (κ3) is 1.34. The fraction of sp³-hybridized carbons (Fsp3) is 0.714. The number of carboxylic acid groups (broad SMARTS) is 1. The molecule has 0 aromatic heterocycles. The maximum atomic E-state index is 11.2. The van der Waals surface area contributed by atoms with Crippen LogP contribution < -0.4 is 0 Å². The zero-order valence-corrected chi connectivity index (χ0v) is 7.15. The SMILES string of the molecule is CC(C(=O)O)N1CCN(C)C1=O. The van der Waals surface area contributed by atoms with Gasteiger partial charge in [-0.1, -0.05) is 0 Å². The van der Waals surface area contributed by atoms with Gasteiger partial charge in [0, 0.05) is 20.1 Å². The predicted molar refractivity (Wildman–Crippen MR) is 41.8 cm³/mol. The Morgan fingerprint density at radius 2 is 2.17 bits per heavy atom. The minimum atomic E-state index is -0.960. The molecule has 2 amide bonds. The summed E-state index contributed by atoms with van der Waals surface area (Å²) in [6, 6.07) is -0.924. The second kappa shape index (κ2) is 3.00. The highest BCUT2D eigenvalue weighted by atomic mass is 16.4. The molecule has 0 aromatic rings. The average Bonchev–Trinajstić information content (AvgIpc) is 2.32. The van der Waals surface area contributed by atoms with E-state index in [0.717, 1.165) is 0 Å². The van der Waals surface area contributed by atoms with Crippen LogP contribution in [0.3, 0.4) is 0 Å². The Morgan fingerprint density at radius 1 is 1.58 bits per heavy atom. The number of urea groups is 1. The summed E-state index contributed by atoms with van der Waals surface area (Å²) in [5.74, 6) is -0.960. The molecule has 1 saturated heterocycles. The van der Waals surface area contributed by atoms with Crippen LogP contribution in [0.5, 0.6) is 0 Å². The topological polar surface area (TPSA) is 60.9 Å². The van der Waals surface area contributed by atoms with Crippen LogP contribution in [0.25, 0.3) is 0 Å². The summed E-state index contributed by atoms with van der Waals surface area (Å²) in [5, 5.41) is 8.63. The zero-order valence-electron chi connectivity index (χ0n) is 7.15. The van der Waals surface area contributed by atoms with E-state index in [1.807, 2.05) is 0 Å². The molecule has 1 unspecified atom stereocenters. The van der Waals surface area contributed by atoms with Crippen LogP contribution in [0.1, 0.15) is 6.92 Å². The van der Waals surface area contributed by atoms with Gasteiger partial charge in [0.1, 0.15) is 6.04 Å².